The number of aromatic nitrogens is 2. The van der Waals surface area contributed by atoms with E-state index in [1.807, 2.05) is 6.92 Å². The standard InChI is InChI=1S/C17H19N3O3/c1-2-9-23-17(22)12-5-7-13(8-6-12)18-16(21)15-10-14(19-20-15)11-3-4-11/h5-8,10-11H,2-4,9H2,1H3,(H,18,21)(H,19,20). The number of aromatic amines is 1. The predicted molar refractivity (Wildman–Crippen MR) is 85.5 cm³/mol. The van der Waals surface area contributed by atoms with E-state index >= 15 is 0 Å². The summed E-state index contributed by atoms with van der Waals surface area (Å²) < 4.78 is 5.06. The average Bonchev–Trinajstić information content (AvgIpc) is 3.30. The summed E-state index contributed by atoms with van der Waals surface area (Å²) in [5.41, 5.74) is 2.47. The van der Waals surface area contributed by atoms with Crippen molar-refractivity contribution in [2.24, 2.45) is 0 Å². The second-order valence-electron chi connectivity index (χ2n) is 5.65. The molecule has 1 fully saturated rings. The number of hydrogen-bond acceptors (Lipinski definition) is 4. The van der Waals surface area contributed by atoms with Gasteiger partial charge in [-0.3, -0.25) is 9.89 Å². The molecule has 0 unspecified atom stereocenters. The van der Waals surface area contributed by atoms with Gasteiger partial charge in [-0.15, -0.1) is 0 Å². The number of nitrogens with zero attached hydrogens (tertiary/aromatic N) is 1. The van der Waals surface area contributed by atoms with Crippen LogP contribution in [-0.2, 0) is 4.74 Å². The summed E-state index contributed by atoms with van der Waals surface area (Å²) in [7, 11) is 0. The van der Waals surface area contributed by atoms with Gasteiger partial charge in [0.15, 0.2) is 5.69 Å². The van der Waals surface area contributed by atoms with Crippen LogP contribution in [0.1, 0.15) is 58.6 Å². The number of amides is 1. The fraction of sp³-hybridized carbons (Fsp3) is 0.353. The number of ether oxygens (including phenoxy) is 1. The second-order valence-corrected chi connectivity index (χ2v) is 5.65. The van der Waals surface area contributed by atoms with Gasteiger partial charge in [-0.25, -0.2) is 4.79 Å². The topological polar surface area (TPSA) is 84.1 Å². The lowest BCUT2D eigenvalue weighted by molar-refractivity contribution is 0.0505. The Morgan fingerprint density at radius 1 is 1.30 bits per heavy atom. The summed E-state index contributed by atoms with van der Waals surface area (Å²) in [6.45, 7) is 2.34. The van der Waals surface area contributed by atoms with E-state index in [0.29, 0.717) is 29.5 Å². The molecular formula is C17H19N3O3. The normalized spacial score (nSPS) is 13.6. The van der Waals surface area contributed by atoms with Crippen LogP contribution >= 0.6 is 0 Å². The maximum Gasteiger partial charge on any atom is 0.338 e. The first-order chi connectivity index (χ1) is 11.2. The highest BCUT2D eigenvalue weighted by Gasteiger charge is 2.26. The van der Waals surface area contributed by atoms with E-state index in [2.05, 4.69) is 15.5 Å². The van der Waals surface area contributed by atoms with Crippen molar-refractivity contribution in [3.63, 3.8) is 0 Å². The third-order valence-corrected chi connectivity index (χ3v) is 3.66. The minimum Gasteiger partial charge on any atom is -0.462 e. The third-order valence-electron chi connectivity index (χ3n) is 3.66. The number of nitrogens with one attached hydrogen (secondary N) is 2. The highest BCUT2D eigenvalue weighted by molar-refractivity contribution is 6.03. The van der Waals surface area contributed by atoms with Crippen LogP contribution in [0.25, 0.3) is 0 Å². The van der Waals surface area contributed by atoms with E-state index in [4.69, 9.17) is 4.74 Å². The highest BCUT2D eigenvalue weighted by Crippen LogP contribution is 2.39. The fourth-order valence-corrected chi connectivity index (χ4v) is 2.22. The molecule has 0 spiro atoms. The Hall–Kier alpha value is -2.63. The van der Waals surface area contributed by atoms with Crippen molar-refractivity contribution in [3.8, 4) is 0 Å². The first kappa shape index (κ1) is 15.3. The van der Waals surface area contributed by atoms with Gasteiger partial charge in [-0.2, -0.15) is 5.10 Å². The van der Waals surface area contributed by atoms with Crippen LogP contribution in [0, 0.1) is 0 Å². The molecule has 120 valence electrons. The van der Waals surface area contributed by atoms with E-state index in [0.717, 1.165) is 25.0 Å². The Bertz CT molecular complexity index is 702. The van der Waals surface area contributed by atoms with Crippen molar-refractivity contribution in [1.29, 1.82) is 0 Å². The van der Waals surface area contributed by atoms with E-state index < -0.39 is 0 Å². The summed E-state index contributed by atoms with van der Waals surface area (Å²) in [5.74, 6) is -0.0990. The van der Waals surface area contributed by atoms with Crippen LogP contribution in [0.3, 0.4) is 0 Å². The zero-order valence-electron chi connectivity index (χ0n) is 13.0. The minimum absolute atomic E-state index is 0.269. The van der Waals surface area contributed by atoms with Crippen molar-refractivity contribution >= 4 is 17.6 Å². The van der Waals surface area contributed by atoms with Gasteiger partial charge in [0.1, 0.15) is 0 Å². The van der Waals surface area contributed by atoms with Crippen molar-refractivity contribution < 1.29 is 14.3 Å². The van der Waals surface area contributed by atoms with Crippen LogP contribution in [0.4, 0.5) is 5.69 Å². The van der Waals surface area contributed by atoms with E-state index in [-0.39, 0.29) is 11.9 Å². The maximum absolute atomic E-state index is 12.1. The van der Waals surface area contributed by atoms with E-state index in [9.17, 15) is 9.59 Å². The van der Waals surface area contributed by atoms with Gasteiger partial charge in [-0.1, -0.05) is 6.92 Å². The Morgan fingerprint density at radius 3 is 2.70 bits per heavy atom. The summed E-state index contributed by atoms with van der Waals surface area (Å²) in [4.78, 5) is 23.9. The van der Waals surface area contributed by atoms with Crippen molar-refractivity contribution in [1.82, 2.24) is 10.2 Å². The molecule has 0 bridgehead atoms. The molecular weight excluding hydrogens is 294 g/mol. The molecule has 2 N–H and O–H groups in total. The lowest BCUT2D eigenvalue weighted by Gasteiger charge is -2.05. The van der Waals surface area contributed by atoms with Gasteiger partial charge in [0.25, 0.3) is 5.91 Å². The molecule has 6 heteroatoms. The maximum atomic E-state index is 12.1. The number of hydrogen-bond donors (Lipinski definition) is 2. The minimum atomic E-state index is -0.355. The van der Waals surface area contributed by atoms with E-state index in [1.54, 1.807) is 30.3 Å². The van der Waals surface area contributed by atoms with Gasteiger partial charge >= 0.3 is 5.97 Å². The number of anilines is 1. The Labute approximate surface area is 134 Å². The van der Waals surface area contributed by atoms with Crippen molar-refractivity contribution in [2.75, 3.05) is 11.9 Å². The molecule has 23 heavy (non-hydrogen) atoms. The molecule has 1 heterocycles. The number of H-pyrrole nitrogens is 1. The van der Waals surface area contributed by atoms with Crippen LogP contribution in [0.5, 0.6) is 0 Å². The Kier molecular flexibility index (Phi) is 4.41. The number of rotatable bonds is 6. The third kappa shape index (κ3) is 3.77. The van der Waals surface area contributed by atoms with Crippen LogP contribution in [0.2, 0.25) is 0 Å². The van der Waals surface area contributed by atoms with Crippen molar-refractivity contribution in [2.45, 2.75) is 32.1 Å². The van der Waals surface area contributed by atoms with Gasteiger partial charge < -0.3 is 10.1 Å². The second kappa shape index (κ2) is 6.64. The predicted octanol–water partition coefficient (Wildman–Crippen LogP) is 3.11. The molecule has 1 saturated carbocycles. The zero-order chi connectivity index (χ0) is 16.2. The van der Waals surface area contributed by atoms with Crippen molar-refractivity contribution in [3.05, 3.63) is 47.3 Å². The van der Waals surface area contributed by atoms with Crippen LogP contribution in [0.15, 0.2) is 30.3 Å². The fourth-order valence-electron chi connectivity index (χ4n) is 2.22. The Morgan fingerprint density at radius 2 is 2.04 bits per heavy atom. The van der Waals surface area contributed by atoms with E-state index in [1.165, 1.54) is 0 Å². The smallest absolute Gasteiger partial charge is 0.338 e. The van der Waals surface area contributed by atoms with Crippen LogP contribution in [-0.4, -0.2) is 28.7 Å². The average molecular weight is 313 g/mol. The molecule has 1 amide bonds. The number of esters is 1. The number of benzene rings is 1. The van der Waals surface area contributed by atoms with Gasteiger partial charge in [0.2, 0.25) is 0 Å². The molecule has 6 nitrogen and oxygen atoms in total. The molecule has 0 saturated heterocycles. The molecule has 3 rings (SSSR count). The lowest BCUT2D eigenvalue weighted by Crippen LogP contribution is -2.12. The summed E-state index contributed by atoms with van der Waals surface area (Å²) >= 11 is 0. The monoisotopic (exact) mass is 313 g/mol. The molecule has 1 aliphatic carbocycles. The molecule has 1 aliphatic rings. The lowest BCUT2D eigenvalue weighted by atomic mass is 10.2. The quantitative estimate of drug-likeness (QED) is 0.803. The largest absolute Gasteiger partial charge is 0.462 e. The SMILES string of the molecule is CCCOC(=O)c1ccc(NC(=O)c2cc(C3CC3)[nH]n2)cc1. The first-order valence-corrected chi connectivity index (χ1v) is 7.81. The summed E-state index contributed by atoms with van der Waals surface area (Å²) in [6, 6.07) is 8.41. The number of carbonyl (C=O) groups excluding carboxylic acids is 2. The first-order valence-electron chi connectivity index (χ1n) is 7.81. The zero-order valence-corrected chi connectivity index (χ0v) is 13.0. The summed E-state index contributed by atoms with van der Waals surface area (Å²) in [5, 5.41) is 9.71. The highest BCUT2D eigenvalue weighted by atomic mass is 16.5. The molecule has 0 radical (unpaired) electrons. The van der Waals surface area contributed by atoms with Gasteiger partial charge in [0, 0.05) is 17.3 Å². The molecule has 2 aromatic rings. The number of carbonyl (C=O) groups is 2. The van der Waals surface area contributed by atoms with Crippen LogP contribution < -0.4 is 5.32 Å². The molecule has 0 aliphatic heterocycles. The Balaban J connectivity index is 1.60. The molecule has 0 atom stereocenters. The molecule has 1 aromatic heterocycles. The molecule has 1 aromatic carbocycles. The van der Waals surface area contributed by atoms with Gasteiger partial charge in [0.05, 0.1) is 12.2 Å². The summed E-state index contributed by atoms with van der Waals surface area (Å²) in [6.07, 6.45) is 3.09. The van der Waals surface area contributed by atoms with Gasteiger partial charge in [-0.05, 0) is 49.6 Å².